The molecule has 0 saturated carbocycles. The van der Waals surface area contributed by atoms with E-state index in [4.69, 9.17) is 4.74 Å². The van der Waals surface area contributed by atoms with Crippen LogP contribution in [-0.2, 0) is 11.2 Å². The van der Waals surface area contributed by atoms with Crippen LogP contribution in [0.15, 0.2) is 28.7 Å². The lowest BCUT2D eigenvalue weighted by Gasteiger charge is -2.36. The number of benzene rings is 1. The van der Waals surface area contributed by atoms with Crippen molar-refractivity contribution in [2.24, 2.45) is 0 Å². The molecular formula is C16H26BrNO. The largest absolute Gasteiger partial charge is 0.377 e. The first-order valence-electron chi connectivity index (χ1n) is 7.08. The number of hydrogen-bond acceptors (Lipinski definition) is 2. The summed E-state index contributed by atoms with van der Waals surface area (Å²) in [6.07, 6.45) is 3.13. The van der Waals surface area contributed by atoms with Crippen molar-refractivity contribution in [3.8, 4) is 0 Å². The second-order valence-corrected chi connectivity index (χ2v) is 6.12. The molecule has 1 aromatic rings. The summed E-state index contributed by atoms with van der Waals surface area (Å²) in [5.41, 5.74) is 1.22. The molecule has 1 rings (SSSR count). The van der Waals surface area contributed by atoms with Crippen LogP contribution in [0.1, 0.15) is 39.2 Å². The summed E-state index contributed by atoms with van der Waals surface area (Å²) in [5.74, 6) is 0. The first kappa shape index (κ1) is 16.7. The van der Waals surface area contributed by atoms with Gasteiger partial charge in [-0.2, -0.15) is 0 Å². The first-order valence-corrected chi connectivity index (χ1v) is 7.88. The van der Waals surface area contributed by atoms with Crippen LogP contribution in [0.25, 0.3) is 0 Å². The smallest absolute Gasteiger partial charge is 0.0803 e. The number of rotatable bonds is 8. The Morgan fingerprint density at radius 1 is 1.26 bits per heavy atom. The second-order valence-electron chi connectivity index (χ2n) is 5.21. The standard InChI is InChI=1S/C16H26BrNO/c1-5-11-18-15(16(3,6-2)19-4)12-13-7-9-14(17)10-8-13/h7-10,15,18H,5-6,11-12H2,1-4H3. The third kappa shape index (κ3) is 4.90. The highest BCUT2D eigenvalue weighted by molar-refractivity contribution is 9.10. The van der Waals surface area contributed by atoms with Crippen LogP contribution < -0.4 is 5.32 Å². The van der Waals surface area contributed by atoms with Crippen LogP contribution in [0.2, 0.25) is 0 Å². The van der Waals surface area contributed by atoms with Crippen LogP contribution in [0, 0.1) is 0 Å². The molecule has 2 nitrogen and oxygen atoms in total. The van der Waals surface area contributed by atoms with Gasteiger partial charge in [0, 0.05) is 17.6 Å². The Balaban J connectivity index is 2.81. The third-order valence-electron chi connectivity index (χ3n) is 3.90. The van der Waals surface area contributed by atoms with E-state index in [1.54, 1.807) is 0 Å². The molecule has 3 heteroatoms. The van der Waals surface area contributed by atoms with Gasteiger partial charge in [0.1, 0.15) is 0 Å². The lowest BCUT2D eigenvalue weighted by Crippen LogP contribution is -2.51. The molecule has 0 amide bonds. The molecule has 0 saturated heterocycles. The molecule has 0 aliphatic rings. The predicted octanol–water partition coefficient (Wildman–Crippen LogP) is 4.17. The summed E-state index contributed by atoms with van der Waals surface area (Å²) in [6, 6.07) is 8.89. The molecule has 1 aromatic carbocycles. The lowest BCUT2D eigenvalue weighted by molar-refractivity contribution is -0.0287. The zero-order valence-electron chi connectivity index (χ0n) is 12.5. The minimum atomic E-state index is -0.123. The van der Waals surface area contributed by atoms with Gasteiger partial charge in [-0.25, -0.2) is 0 Å². The molecule has 0 spiro atoms. The fraction of sp³-hybridized carbons (Fsp3) is 0.625. The highest BCUT2D eigenvalue weighted by Gasteiger charge is 2.32. The van der Waals surface area contributed by atoms with E-state index in [0.29, 0.717) is 6.04 Å². The molecule has 2 unspecified atom stereocenters. The van der Waals surface area contributed by atoms with Gasteiger partial charge in [0.2, 0.25) is 0 Å². The van der Waals surface area contributed by atoms with Gasteiger partial charge in [0.05, 0.1) is 5.60 Å². The summed E-state index contributed by atoms with van der Waals surface area (Å²) >= 11 is 3.48. The lowest BCUT2D eigenvalue weighted by atomic mass is 9.88. The van der Waals surface area contributed by atoms with Gasteiger partial charge in [0.25, 0.3) is 0 Å². The van der Waals surface area contributed by atoms with E-state index in [0.717, 1.165) is 30.3 Å². The van der Waals surface area contributed by atoms with Gasteiger partial charge in [0.15, 0.2) is 0 Å². The third-order valence-corrected chi connectivity index (χ3v) is 4.43. The van der Waals surface area contributed by atoms with Gasteiger partial charge < -0.3 is 10.1 Å². The minimum Gasteiger partial charge on any atom is -0.377 e. The van der Waals surface area contributed by atoms with Crippen LogP contribution in [-0.4, -0.2) is 25.3 Å². The summed E-state index contributed by atoms with van der Waals surface area (Å²) < 4.78 is 6.89. The van der Waals surface area contributed by atoms with Gasteiger partial charge in [-0.15, -0.1) is 0 Å². The molecule has 0 fully saturated rings. The zero-order valence-corrected chi connectivity index (χ0v) is 14.1. The second kappa shape index (κ2) is 8.03. The monoisotopic (exact) mass is 327 g/mol. The Morgan fingerprint density at radius 2 is 1.89 bits per heavy atom. The zero-order chi connectivity index (χ0) is 14.3. The Morgan fingerprint density at radius 3 is 2.37 bits per heavy atom. The van der Waals surface area contributed by atoms with Crippen molar-refractivity contribution in [3.05, 3.63) is 34.3 Å². The van der Waals surface area contributed by atoms with E-state index in [1.165, 1.54) is 5.56 Å². The van der Waals surface area contributed by atoms with Crippen molar-refractivity contribution in [1.29, 1.82) is 0 Å². The van der Waals surface area contributed by atoms with Crippen LogP contribution in [0.5, 0.6) is 0 Å². The van der Waals surface area contributed by atoms with E-state index in [-0.39, 0.29) is 5.60 Å². The number of methoxy groups -OCH3 is 1. The minimum absolute atomic E-state index is 0.123. The predicted molar refractivity (Wildman–Crippen MR) is 85.6 cm³/mol. The van der Waals surface area contributed by atoms with Crippen molar-refractivity contribution in [2.45, 2.75) is 51.7 Å². The Bertz CT molecular complexity index is 360. The average molecular weight is 328 g/mol. The molecule has 1 N–H and O–H groups in total. The maximum absolute atomic E-state index is 5.77. The first-order chi connectivity index (χ1) is 9.05. The topological polar surface area (TPSA) is 21.3 Å². The number of hydrogen-bond donors (Lipinski definition) is 1. The Labute approximate surface area is 126 Å². The van der Waals surface area contributed by atoms with Crippen molar-refractivity contribution < 1.29 is 4.74 Å². The van der Waals surface area contributed by atoms with E-state index < -0.39 is 0 Å². The highest BCUT2D eigenvalue weighted by atomic mass is 79.9. The molecule has 0 aromatic heterocycles. The van der Waals surface area contributed by atoms with Gasteiger partial charge in [-0.3, -0.25) is 0 Å². The Hall–Kier alpha value is -0.380. The van der Waals surface area contributed by atoms with Gasteiger partial charge >= 0.3 is 0 Å². The Kier molecular flexibility index (Phi) is 7.05. The van der Waals surface area contributed by atoms with Crippen molar-refractivity contribution in [1.82, 2.24) is 5.32 Å². The number of ether oxygens (including phenoxy) is 1. The summed E-state index contributed by atoms with van der Waals surface area (Å²) in [5, 5.41) is 3.64. The van der Waals surface area contributed by atoms with Gasteiger partial charge in [-0.05, 0) is 50.4 Å². The molecule has 108 valence electrons. The number of nitrogens with one attached hydrogen (secondary N) is 1. The fourth-order valence-corrected chi connectivity index (χ4v) is 2.48. The normalized spacial score (nSPS) is 16.1. The van der Waals surface area contributed by atoms with Crippen LogP contribution in [0.3, 0.4) is 0 Å². The van der Waals surface area contributed by atoms with E-state index in [1.807, 2.05) is 7.11 Å². The number of halogens is 1. The molecule has 0 radical (unpaired) electrons. The van der Waals surface area contributed by atoms with E-state index >= 15 is 0 Å². The fourth-order valence-electron chi connectivity index (χ4n) is 2.21. The quantitative estimate of drug-likeness (QED) is 0.773. The van der Waals surface area contributed by atoms with Crippen molar-refractivity contribution >= 4 is 15.9 Å². The summed E-state index contributed by atoms with van der Waals surface area (Å²) in [7, 11) is 1.81. The maximum Gasteiger partial charge on any atom is 0.0803 e. The SMILES string of the molecule is CCCNC(Cc1ccc(Br)cc1)C(C)(CC)OC. The van der Waals surface area contributed by atoms with Crippen molar-refractivity contribution in [3.63, 3.8) is 0 Å². The van der Waals surface area contributed by atoms with Crippen molar-refractivity contribution in [2.75, 3.05) is 13.7 Å². The van der Waals surface area contributed by atoms with Gasteiger partial charge in [-0.1, -0.05) is 41.9 Å². The molecule has 0 heterocycles. The molecule has 0 aliphatic heterocycles. The molecule has 2 atom stereocenters. The molecule has 0 aliphatic carbocycles. The van der Waals surface area contributed by atoms with Crippen LogP contribution in [0.4, 0.5) is 0 Å². The summed E-state index contributed by atoms with van der Waals surface area (Å²) in [4.78, 5) is 0. The summed E-state index contributed by atoms with van der Waals surface area (Å²) in [6.45, 7) is 7.60. The molecule has 19 heavy (non-hydrogen) atoms. The molecule has 0 bridgehead atoms. The highest BCUT2D eigenvalue weighted by Crippen LogP contribution is 2.23. The van der Waals surface area contributed by atoms with E-state index in [2.05, 4.69) is 66.3 Å². The maximum atomic E-state index is 5.77. The van der Waals surface area contributed by atoms with E-state index in [9.17, 15) is 0 Å². The molecular weight excluding hydrogens is 302 g/mol. The average Bonchev–Trinajstić information content (AvgIpc) is 2.44. The van der Waals surface area contributed by atoms with Crippen LogP contribution >= 0.6 is 15.9 Å².